The van der Waals surface area contributed by atoms with E-state index in [1.54, 1.807) is 0 Å². The summed E-state index contributed by atoms with van der Waals surface area (Å²) >= 11 is 0. The molecule has 2 radical (unpaired) electrons. The van der Waals surface area contributed by atoms with Crippen molar-refractivity contribution in [1.82, 2.24) is 9.97 Å². The topological polar surface area (TPSA) is 25.8 Å². The normalized spacial score (nSPS) is 10.7. The average molecular weight is 394 g/mol. The molecule has 0 amide bonds. The number of benzene rings is 4. The van der Waals surface area contributed by atoms with E-state index in [1.165, 1.54) is 0 Å². The summed E-state index contributed by atoms with van der Waals surface area (Å²) < 4.78 is 0. The zero-order valence-electron chi connectivity index (χ0n) is 16.9. The van der Waals surface area contributed by atoms with E-state index in [1.807, 2.05) is 78.9 Å². The van der Waals surface area contributed by atoms with Crippen molar-refractivity contribution in [3.8, 4) is 45.0 Å². The molecule has 0 saturated heterocycles. The van der Waals surface area contributed by atoms with Gasteiger partial charge in [0.25, 0.3) is 0 Å². The zero-order valence-corrected chi connectivity index (χ0v) is 16.9. The van der Waals surface area contributed by atoms with Crippen molar-refractivity contribution in [3.63, 3.8) is 0 Å². The molecular weight excluding hydrogens is 375 g/mol. The Hall–Kier alpha value is -3.98. The summed E-state index contributed by atoms with van der Waals surface area (Å²) in [5.41, 5.74) is 7.43. The van der Waals surface area contributed by atoms with Gasteiger partial charge in [-0.2, -0.15) is 0 Å². The molecule has 31 heavy (non-hydrogen) atoms. The summed E-state index contributed by atoms with van der Waals surface area (Å²) in [5, 5.41) is 0. The van der Waals surface area contributed by atoms with Crippen molar-refractivity contribution in [2.24, 2.45) is 0 Å². The Kier molecular flexibility index (Phi) is 5.16. The van der Waals surface area contributed by atoms with Gasteiger partial charge in [0, 0.05) is 22.3 Å². The third-order valence-electron chi connectivity index (χ3n) is 5.27. The van der Waals surface area contributed by atoms with E-state index in [0.717, 1.165) is 39.2 Å². The number of rotatable bonds is 4. The summed E-state index contributed by atoms with van der Waals surface area (Å²) in [6.07, 6.45) is 0. The largest absolute Gasteiger partial charge is 0.227 e. The molecule has 4 aromatic carbocycles. The van der Waals surface area contributed by atoms with E-state index < -0.39 is 0 Å². The highest BCUT2D eigenvalue weighted by atomic mass is 14.9. The maximum Gasteiger partial charge on any atom is 0.159 e. The molecule has 3 heteroatoms. The maximum atomic E-state index is 6.30. The molecule has 0 saturated carbocycles. The van der Waals surface area contributed by atoms with Crippen molar-refractivity contribution in [2.75, 3.05) is 0 Å². The molecule has 0 aliphatic rings. The van der Waals surface area contributed by atoms with Crippen LogP contribution in [0, 0.1) is 0 Å². The van der Waals surface area contributed by atoms with Crippen LogP contribution in [0.1, 0.15) is 0 Å². The third kappa shape index (κ3) is 3.78. The molecule has 0 aliphatic carbocycles. The first kappa shape index (κ1) is 19.0. The van der Waals surface area contributed by atoms with Crippen LogP contribution in [0.4, 0.5) is 0 Å². The molecule has 0 unspecified atom stereocenters. The van der Waals surface area contributed by atoms with Crippen LogP contribution in [0.2, 0.25) is 0 Å². The second-order valence-electron chi connectivity index (χ2n) is 7.30. The molecule has 1 heterocycles. The van der Waals surface area contributed by atoms with Gasteiger partial charge in [0.05, 0.1) is 11.4 Å². The number of hydrogen-bond acceptors (Lipinski definition) is 2. The molecule has 5 rings (SSSR count). The standard InChI is InChI=1S/C28H19BN2/c29-24-19-11-10-18-23(24)28-30-26(21-14-6-2-7-15-21)25(20-12-4-1-5-13-20)27(31-28)22-16-8-3-9-17-22/h1-19H. The Balaban J connectivity index is 1.89. The van der Waals surface area contributed by atoms with Crippen LogP contribution >= 0.6 is 0 Å². The van der Waals surface area contributed by atoms with Gasteiger partial charge in [0.15, 0.2) is 5.82 Å². The van der Waals surface area contributed by atoms with Crippen molar-refractivity contribution in [3.05, 3.63) is 115 Å². The fraction of sp³-hybridized carbons (Fsp3) is 0. The van der Waals surface area contributed by atoms with Gasteiger partial charge >= 0.3 is 0 Å². The molecule has 144 valence electrons. The van der Waals surface area contributed by atoms with Crippen LogP contribution in [0.15, 0.2) is 115 Å². The molecule has 0 bridgehead atoms. The minimum Gasteiger partial charge on any atom is -0.227 e. The van der Waals surface area contributed by atoms with E-state index in [9.17, 15) is 0 Å². The van der Waals surface area contributed by atoms with Crippen molar-refractivity contribution in [2.45, 2.75) is 0 Å². The first-order valence-electron chi connectivity index (χ1n) is 10.2. The Morgan fingerprint density at radius 3 is 1.35 bits per heavy atom. The second kappa shape index (κ2) is 8.41. The molecule has 0 fully saturated rings. The van der Waals surface area contributed by atoms with Crippen molar-refractivity contribution in [1.29, 1.82) is 0 Å². The summed E-state index contributed by atoms with van der Waals surface area (Å²) in [6, 6.07) is 38.6. The summed E-state index contributed by atoms with van der Waals surface area (Å²) in [5.74, 6) is 0.621. The lowest BCUT2D eigenvalue weighted by Crippen LogP contribution is -2.09. The number of aromatic nitrogens is 2. The predicted octanol–water partition coefficient (Wildman–Crippen LogP) is 5.94. The SMILES string of the molecule is [B]c1ccccc1-c1nc(-c2ccccc2)c(-c2ccccc2)c(-c2ccccc2)n1. The van der Waals surface area contributed by atoms with Gasteiger partial charge in [0.2, 0.25) is 0 Å². The van der Waals surface area contributed by atoms with Gasteiger partial charge in [-0.3, -0.25) is 0 Å². The van der Waals surface area contributed by atoms with Gasteiger partial charge in [-0.1, -0.05) is 121 Å². The lowest BCUT2D eigenvalue weighted by atomic mass is 9.89. The molecule has 0 atom stereocenters. The van der Waals surface area contributed by atoms with Crippen LogP contribution in [-0.4, -0.2) is 17.8 Å². The molecule has 1 aromatic heterocycles. The molecule has 0 aliphatic heterocycles. The third-order valence-corrected chi connectivity index (χ3v) is 5.27. The van der Waals surface area contributed by atoms with Crippen LogP contribution in [0.3, 0.4) is 0 Å². The van der Waals surface area contributed by atoms with Gasteiger partial charge in [-0.15, -0.1) is 0 Å². The van der Waals surface area contributed by atoms with E-state index in [2.05, 4.69) is 36.4 Å². The molecule has 0 N–H and O–H groups in total. The quantitative estimate of drug-likeness (QED) is 0.353. The Labute approximate surface area is 183 Å². The Morgan fingerprint density at radius 2 is 0.871 bits per heavy atom. The van der Waals surface area contributed by atoms with E-state index in [-0.39, 0.29) is 0 Å². The van der Waals surface area contributed by atoms with Crippen LogP contribution in [0.5, 0.6) is 0 Å². The predicted molar refractivity (Wildman–Crippen MR) is 129 cm³/mol. The number of nitrogens with zero attached hydrogens (tertiary/aromatic N) is 2. The van der Waals surface area contributed by atoms with Gasteiger partial charge in [0.1, 0.15) is 7.85 Å². The summed E-state index contributed by atoms with van der Waals surface area (Å²) in [6.45, 7) is 0. The smallest absolute Gasteiger partial charge is 0.159 e. The van der Waals surface area contributed by atoms with Crippen LogP contribution in [0.25, 0.3) is 45.0 Å². The lowest BCUT2D eigenvalue weighted by Gasteiger charge is -2.17. The fourth-order valence-electron chi connectivity index (χ4n) is 3.77. The van der Waals surface area contributed by atoms with Crippen molar-refractivity contribution >= 4 is 13.3 Å². The highest BCUT2D eigenvalue weighted by Gasteiger charge is 2.20. The van der Waals surface area contributed by atoms with E-state index in [4.69, 9.17) is 17.8 Å². The summed E-state index contributed by atoms with van der Waals surface area (Å²) in [4.78, 5) is 10.1. The Morgan fingerprint density at radius 1 is 0.452 bits per heavy atom. The van der Waals surface area contributed by atoms with E-state index in [0.29, 0.717) is 11.3 Å². The maximum absolute atomic E-state index is 6.30. The molecule has 2 nitrogen and oxygen atoms in total. The van der Waals surface area contributed by atoms with Crippen LogP contribution in [-0.2, 0) is 0 Å². The van der Waals surface area contributed by atoms with Gasteiger partial charge < -0.3 is 0 Å². The highest BCUT2D eigenvalue weighted by molar-refractivity contribution is 6.35. The zero-order chi connectivity index (χ0) is 21.0. The number of hydrogen-bond donors (Lipinski definition) is 0. The molecule has 0 spiro atoms. The van der Waals surface area contributed by atoms with Gasteiger partial charge in [-0.05, 0) is 5.56 Å². The fourth-order valence-corrected chi connectivity index (χ4v) is 3.77. The van der Waals surface area contributed by atoms with Gasteiger partial charge in [-0.25, -0.2) is 9.97 Å². The molecular formula is C28H19BN2. The summed E-state index contributed by atoms with van der Waals surface area (Å²) in [7, 11) is 6.30. The van der Waals surface area contributed by atoms with Crippen LogP contribution < -0.4 is 5.46 Å². The average Bonchev–Trinajstić information content (AvgIpc) is 2.85. The Bertz CT molecular complexity index is 1260. The van der Waals surface area contributed by atoms with E-state index >= 15 is 0 Å². The minimum atomic E-state index is 0.621. The lowest BCUT2D eigenvalue weighted by molar-refractivity contribution is 1.19. The highest BCUT2D eigenvalue weighted by Crippen LogP contribution is 2.39. The monoisotopic (exact) mass is 394 g/mol. The molecule has 5 aromatic rings. The minimum absolute atomic E-state index is 0.621. The second-order valence-corrected chi connectivity index (χ2v) is 7.30. The first-order chi connectivity index (χ1) is 15.3. The van der Waals surface area contributed by atoms with Crippen molar-refractivity contribution < 1.29 is 0 Å². The first-order valence-corrected chi connectivity index (χ1v) is 10.2.